The highest BCUT2D eigenvalue weighted by Gasteiger charge is 2.27. The van der Waals surface area contributed by atoms with Crippen LogP contribution in [0.3, 0.4) is 0 Å². The van der Waals surface area contributed by atoms with Crippen molar-refractivity contribution in [1.29, 1.82) is 0 Å². The van der Waals surface area contributed by atoms with E-state index in [-0.39, 0.29) is 11.8 Å². The molecule has 0 saturated carbocycles. The van der Waals surface area contributed by atoms with Crippen molar-refractivity contribution < 1.29 is 8.42 Å². The number of aryl methyl sites for hydroxylation is 1. The number of hydrogen-bond acceptors (Lipinski definition) is 3. The first-order chi connectivity index (χ1) is 7.46. The van der Waals surface area contributed by atoms with Crippen molar-refractivity contribution in [3.05, 3.63) is 28.2 Å². The van der Waals surface area contributed by atoms with Crippen LogP contribution >= 0.6 is 15.9 Å². The first-order valence-corrected chi connectivity index (χ1v) is 7.81. The summed E-state index contributed by atoms with van der Waals surface area (Å²) >= 11 is 3.46. The predicted molar refractivity (Wildman–Crippen MR) is 69.6 cm³/mol. The zero-order valence-electron chi connectivity index (χ0n) is 9.03. The minimum atomic E-state index is -2.81. The summed E-state index contributed by atoms with van der Waals surface area (Å²) in [5.41, 5.74) is 2.14. The van der Waals surface area contributed by atoms with E-state index < -0.39 is 9.84 Å². The van der Waals surface area contributed by atoms with E-state index in [1.165, 1.54) is 5.56 Å². The molecular formula is C11H14BrNO2S. The second-order valence-corrected chi connectivity index (χ2v) is 7.29. The molecule has 1 aliphatic rings. The lowest BCUT2D eigenvalue weighted by atomic mass is 10.2. The van der Waals surface area contributed by atoms with Crippen LogP contribution in [0, 0.1) is 6.92 Å². The molecule has 1 saturated heterocycles. The predicted octanol–water partition coefficient (Wildman–Crippen LogP) is 2.36. The third-order valence-electron chi connectivity index (χ3n) is 2.78. The van der Waals surface area contributed by atoms with Crippen LogP contribution in [0.15, 0.2) is 22.7 Å². The number of sulfone groups is 1. The molecule has 1 heterocycles. The third kappa shape index (κ3) is 2.77. The summed E-state index contributed by atoms with van der Waals surface area (Å²) in [7, 11) is -2.81. The molecule has 0 aliphatic carbocycles. The van der Waals surface area contributed by atoms with E-state index >= 15 is 0 Å². The normalized spacial score (nSPS) is 23.2. The van der Waals surface area contributed by atoms with Gasteiger partial charge in [0, 0.05) is 16.2 Å². The Bertz CT molecular complexity index is 499. The summed E-state index contributed by atoms with van der Waals surface area (Å²) in [5.74, 6) is 0.552. The lowest BCUT2D eigenvalue weighted by Gasteiger charge is -2.13. The molecule has 0 radical (unpaired) electrons. The van der Waals surface area contributed by atoms with Crippen molar-refractivity contribution in [2.24, 2.45) is 0 Å². The van der Waals surface area contributed by atoms with Crippen LogP contribution in [0.25, 0.3) is 0 Å². The lowest BCUT2D eigenvalue weighted by molar-refractivity contribution is 0.602. The molecule has 1 fully saturated rings. The molecule has 0 amide bonds. The van der Waals surface area contributed by atoms with Gasteiger partial charge in [-0.3, -0.25) is 0 Å². The van der Waals surface area contributed by atoms with Crippen molar-refractivity contribution >= 4 is 31.5 Å². The van der Waals surface area contributed by atoms with Crippen LogP contribution in [0.2, 0.25) is 0 Å². The Morgan fingerprint density at radius 1 is 1.44 bits per heavy atom. The molecule has 1 aromatic rings. The highest BCUT2D eigenvalue weighted by atomic mass is 79.9. The molecule has 1 aromatic carbocycles. The van der Waals surface area contributed by atoms with Gasteiger partial charge < -0.3 is 5.32 Å². The molecule has 88 valence electrons. The first-order valence-electron chi connectivity index (χ1n) is 5.19. The van der Waals surface area contributed by atoms with Crippen molar-refractivity contribution in [2.45, 2.75) is 19.4 Å². The van der Waals surface area contributed by atoms with Gasteiger partial charge in [0.2, 0.25) is 0 Å². The second kappa shape index (κ2) is 4.37. The summed E-state index contributed by atoms with van der Waals surface area (Å²) < 4.78 is 23.6. The van der Waals surface area contributed by atoms with Crippen molar-refractivity contribution in [3.63, 3.8) is 0 Å². The fourth-order valence-corrected chi connectivity index (χ4v) is 3.88. The van der Waals surface area contributed by atoms with Gasteiger partial charge in [0.1, 0.15) is 0 Å². The summed E-state index contributed by atoms with van der Waals surface area (Å²) in [6.45, 7) is 2.02. The van der Waals surface area contributed by atoms with E-state index in [1.54, 1.807) is 0 Å². The molecule has 1 aliphatic heterocycles. The van der Waals surface area contributed by atoms with Crippen LogP contribution < -0.4 is 5.32 Å². The Morgan fingerprint density at radius 2 is 2.19 bits per heavy atom. The maximum atomic E-state index is 11.3. The number of rotatable bonds is 2. The van der Waals surface area contributed by atoms with E-state index in [0.29, 0.717) is 12.2 Å². The number of anilines is 1. The average Bonchev–Trinajstić information content (AvgIpc) is 2.52. The number of hydrogen-bond donors (Lipinski definition) is 1. The van der Waals surface area contributed by atoms with Gasteiger partial charge in [-0.15, -0.1) is 0 Å². The molecular weight excluding hydrogens is 290 g/mol. The standard InChI is InChI=1S/C11H14BrNO2S/c1-8-2-3-9(6-11(8)12)13-10-4-5-16(14,15)7-10/h2-3,6,10,13H,4-5,7H2,1H3. The Hall–Kier alpha value is -0.550. The molecule has 0 bridgehead atoms. The van der Waals surface area contributed by atoms with E-state index in [4.69, 9.17) is 0 Å². The topological polar surface area (TPSA) is 46.2 Å². The molecule has 1 unspecified atom stereocenters. The quantitative estimate of drug-likeness (QED) is 0.912. The van der Waals surface area contributed by atoms with Gasteiger partial charge in [0.05, 0.1) is 11.5 Å². The maximum absolute atomic E-state index is 11.3. The maximum Gasteiger partial charge on any atom is 0.152 e. The molecule has 2 rings (SSSR count). The van der Waals surface area contributed by atoms with Crippen molar-refractivity contribution in [3.8, 4) is 0 Å². The number of benzene rings is 1. The molecule has 3 nitrogen and oxygen atoms in total. The zero-order chi connectivity index (χ0) is 11.8. The Morgan fingerprint density at radius 3 is 2.75 bits per heavy atom. The van der Waals surface area contributed by atoms with E-state index in [9.17, 15) is 8.42 Å². The fourth-order valence-electron chi connectivity index (χ4n) is 1.83. The summed E-state index contributed by atoms with van der Waals surface area (Å²) in [6, 6.07) is 6.03. The summed E-state index contributed by atoms with van der Waals surface area (Å²) in [4.78, 5) is 0. The highest BCUT2D eigenvalue weighted by Crippen LogP contribution is 2.23. The molecule has 5 heteroatoms. The van der Waals surface area contributed by atoms with Crippen LogP contribution in [0.4, 0.5) is 5.69 Å². The van der Waals surface area contributed by atoms with Crippen LogP contribution in [0.1, 0.15) is 12.0 Å². The first kappa shape index (κ1) is 11.9. The van der Waals surface area contributed by atoms with Gasteiger partial charge >= 0.3 is 0 Å². The Labute approximate surface area is 104 Å². The largest absolute Gasteiger partial charge is 0.381 e. The van der Waals surface area contributed by atoms with E-state index in [0.717, 1.165) is 10.2 Å². The Kier molecular flexibility index (Phi) is 3.26. The molecule has 0 spiro atoms. The second-order valence-electron chi connectivity index (χ2n) is 4.21. The van der Waals surface area contributed by atoms with Crippen molar-refractivity contribution in [2.75, 3.05) is 16.8 Å². The molecule has 16 heavy (non-hydrogen) atoms. The monoisotopic (exact) mass is 303 g/mol. The smallest absolute Gasteiger partial charge is 0.152 e. The molecule has 1 atom stereocenters. The van der Waals surface area contributed by atoms with Gasteiger partial charge in [-0.2, -0.15) is 0 Å². The minimum absolute atomic E-state index is 0.0552. The minimum Gasteiger partial charge on any atom is -0.381 e. The highest BCUT2D eigenvalue weighted by molar-refractivity contribution is 9.10. The van der Waals surface area contributed by atoms with Crippen LogP contribution in [-0.2, 0) is 9.84 Å². The molecule has 1 N–H and O–H groups in total. The van der Waals surface area contributed by atoms with Crippen LogP contribution in [0.5, 0.6) is 0 Å². The Balaban J connectivity index is 2.08. The van der Waals surface area contributed by atoms with E-state index in [2.05, 4.69) is 21.2 Å². The van der Waals surface area contributed by atoms with Gasteiger partial charge in [0.15, 0.2) is 9.84 Å². The van der Waals surface area contributed by atoms with Gasteiger partial charge in [-0.25, -0.2) is 8.42 Å². The van der Waals surface area contributed by atoms with Crippen LogP contribution in [-0.4, -0.2) is 26.0 Å². The lowest BCUT2D eigenvalue weighted by Crippen LogP contribution is -2.20. The summed E-state index contributed by atoms with van der Waals surface area (Å²) in [5, 5.41) is 3.26. The SMILES string of the molecule is Cc1ccc(NC2CCS(=O)(=O)C2)cc1Br. The molecule has 0 aromatic heterocycles. The van der Waals surface area contributed by atoms with E-state index in [1.807, 2.05) is 25.1 Å². The van der Waals surface area contributed by atoms with Gasteiger partial charge in [-0.05, 0) is 31.0 Å². The average molecular weight is 304 g/mol. The van der Waals surface area contributed by atoms with Crippen molar-refractivity contribution in [1.82, 2.24) is 0 Å². The summed E-state index contributed by atoms with van der Waals surface area (Å²) in [6.07, 6.45) is 0.702. The number of halogens is 1. The van der Waals surface area contributed by atoms with Gasteiger partial charge in [-0.1, -0.05) is 22.0 Å². The zero-order valence-corrected chi connectivity index (χ0v) is 11.4. The van der Waals surface area contributed by atoms with Gasteiger partial charge in [0.25, 0.3) is 0 Å². The number of nitrogens with one attached hydrogen (secondary N) is 1. The third-order valence-corrected chi connectivity index (χ3v) is 5.40. The fraction of sp³-hybridized carbons (Fsp3) is 0.455.